The zero-order valence-corrected chi connectivity index (χ0v) is 15.6. The van der Waals surface area contributed by atoms with Crippen LogP contribution < -0.4 is 9.80 Å². The summed E-state index contributed by atoms with van der Waals surface area (Å²) in [6.07, 6.45) is 1.32. The summed E-state index contributed by atoms with van der Waals surface area (Å²) in [7, 11) is 0. The molecule has 28 heavy (non-hydrogen) atoms. The number of halogens is 1. The van der Waals surface area contributed by atoms with Crippen molar-refractivity contribution in [1.82, 2.24) is 9.88 Å². The fourth-order valence-corrected chi connectivity index (χ4v) is 3.43. The van der Waals surface area contributed by atoms with Crippen molar-refractivity contribution < 1.29 is 18.7 Å². The molecule has 2 amide bonds. The zero-order chi connectivity index (χ0) is 19.7. The second kappa shape index (κ2) is 7.46. The molecule has 2 aliphatic rings. The summed E-state index contributed by atoms with van der Waals surface area (Å²) in [5.74, 6) is -0.0971. The van der Waals surface area contributed by atoms with Gasteiger partial charge in [-0.2, -0.15) is 0 Å². The van der Waals surface area contributed by atoms with Crippen LogP contribution in [0.4, 0.5) is 20.7 Å². The summed E-state index contributed by atoms with van der Waals surface area (Å²) in [5.41, 5.74) is 1.50. The van der Waals surface area contributed by atoms with E-state index in [1.54, 1.807) is 11.0 Å². The topological polar surface area (TPSA) is 66.0 Å². The predicted octanol–water partition coefficient (Wildman–Crippen LogP) is 2.45. The van der Waals surface area contributed by atoms with Crippen LogP contribution in [0.3, 0.4) is 0 Å². The van der Waals surface area contributed by atoms with Gasteiger partial charge in [0.1, 0.15) is 18.2 Å². The van der Waals surface area contributed by atoms with Crippen LogP contribution in [0.15, 0.2) is 36.5 Å². The van der Waals surface area contributed by atoms with Crippen LogP contribution in [0.2, 0.25) is 0 Å². The van der Waals surface area contributed by atoms with E-state index in [9.17, 15) is 14.0 Å². The Balaban J connectivity index is 1.42. The number of rotatable bonds is 3. The van der Waals surface area contributed by atoms with Crippen molar-refractivity contribution in [3.05, 3.63) is 53.5 Å². The largest absolute Gasteiger partial charge is 0.447 e. The molecule has 0 spiro atoms. The van der Waals surface area contributed by atoms with Crippen molar-refractivity contribution >= 4 is 23.5 Å². The summed E-state index contributed by atoms with van der Waals surface area (Å²) >= 11 is 0. The van der Waals surface area contributed by atoms with E-state index in [-0.39, 0.29) is 18.1 Å². The Morgan fingerprint density at radius 3 is 2.50 bits per heavy atom. The minimum Gasteiger partial charge on any atom is -0.447 e. The summed E-state index contributed by atoms with van der Waals surface area (Å²) < 4.78 is 19.4. The number of aryl methyl sites for hydroxylation is 1. The summed E-state index contributed by atoms with van der Waals surface area (Å²) in [5, 5.41) is 0. The molecule has 0 atom stereocenters. The van der Waals surface area contributed by atoms with Crippen LogP contribution in [0.5, 0.6) is 0 Å². The number of piperazine rings is 1. The number of nitrogens with zero attached hydrogens (tertiary/aromatic N) is 4. The molecular weight excluding hydrogens is 363 g/mol. The van der Waals surface area contributed by atoms with Gasteiger partial charge in [0.25, 0.3) is 5.91 Å². The molecule has 4 rings (SSSR count). The van der Waals surface area contributed by atoms with Gasteiger partial charge in [-0.3, -0.25) is 9.69 Å². The summed E-state index contributed by atoms with van der Waals surface area (Å²) in [6, 6.07) is 8.20. The number of cyclic esters (lactones) is 1. The standard InChI is InChI=1S/C20H21FN4O3/c1-14-2-5-18(22-13-14)23-6-8-24(9-7-23)19(26)16-4-3-15(12-17(16)21)25-10-11-28-20(25)27/h2-5,12-13H,6-11H2,1H3. The Kier molecular flexibility index (Phi) is 4.85. The number of carbonyl (C=O) groups is 2. The molecule has 2 aliphatic heterocycles. The molecule has 8 heteroatoms. The van der Waals surface area contributed by atoms with E-state index < -0.39 is 11.9 Å². The van der Waals surface area contributed by atoms with Crippen LogP contribution >= 0.6 is 0 Å². The first kappa shape index (κ1) is 18.2. The second-order valence-electron chi connectivity index (χ2n) is 6.90. The third-order valence-electron chi connectivity index (χ3n) is 5.04. The first-order valence-corrected chi connectivity index (χ1v) is 9.23. The maximum atomic E-state index is 14.6. The highest BCUT2D eigenvalue weighted by Crippen LogP contribution is 2.23. The fraction of sp³-hybridized carbons (Fsp3) is 0.350. The van der Waals surface area contributed by atoms with Gasteiger partial charge in [-0.25, -0.2) is 14.2 Å². The normalized spacial score (nSPS) is 17.1. The van der Waals surface area contributed by atoms with Crippen molar-refractivity contribution in [2.45, 2.75) is 6.92 Å². The van der Waals surface area contributed by atoms with Crippen LogP contribution in [0, 0.1) is 12.7 Å². The van der Waals surface area contributed by atoms with E-state index in [4.69, 9.17) is 4.74 Å². The van der Waals surface area contributed by atoms with Gasteiger partial charge < -0.3 is 14.5 Å². The molecule has 0 aliphatic carbocycles. The van der Waals surface area contributed by atoms with E-state index in [1.165, 1.54) is 17.0 Å². The average molecular weight is 384 g/mol. The second-order valence-corrected chi connectivity index (χ2v) is 6.90. The number of hydrogen-bond acceptors (Lipinski definition) is 5. The Hall–Kier alpha value is -3.16. The fourth-order valence-electron chi connectivity index (χ4n) is 3.43. The molecule has 0 unspecified atom stereocenters. The molecule has 1 aromatic carbocycles. The van der Waals surface area contributed by atoms with Gasteiger partial charge in [0, 0.05) is 32.4 Å². The number of amides is 2. The van der Waals surface area contributed by atoms with Crippen LogP contribution in [0.25, 0.3) is 0 Å². The van der Waals surface area contributed by atoms with Crippen molar-refractivity contribution in [2.24, 2.45) is 0 Å². The van der Waals surface area contributed by atoms with E-state index in [0.29, 0.717) is 38.4 Å². The molecule has 1 aromatic heterocycles. The summed E-state index contributed by atoms with van der Waals surface area (Å²) in [4.78, 5) is 33.9. The lowest BCUT2D eigenvalue weighted by Gasteiger charge is -2.35. The predicted molar refractivity (Wildman–Crippen MR) is 102 cm³/mol. The molecule has 2 aromatic rings. The molecule has 2 saturated heterocycles. The maximum Gasteiger partial charge on any atom is 0.414 e. The van der Waals surface area contributed by atoms with Crippen molar-refractivity contribution in [3.8, 4) is 0 Å². The minimum atomic E-state index is -0.634. The lowest BCUT2D eigenvalue weighted by molar-refractivity contribution is 0.0742. The molecule has 3 heterocycles. The number of benzene rings is 1. The van der Waals surface area contributed by atoms with E-state index in [2.05, 4.69) is 9.88 Å². The highest BCUT2D eigenvalue weighted by Gasteiger charge is 2.27. The Morgan fingerprint density at radius 1 is 1.11 bits per heavy atom. The van der Waals surface area contributed by atoms with Crippen LogP contribution in [-0.4, -0.2) is 61.2 Å². The quantitative estimate of drug-likeness (QED) is 0.813. The number of anilines is 2. The lowest BCUT2D eigenvalue weighted by atomic mass is 10.1. The molecule has 146 valence electrons. The van der Waals surface area contributed by atoms with Crippen LogP contribution in [0.1, 0.15) is 15.9 Å². The zero-order valence-electron chi connectivity index (χ0n) is 15.6. The Bertz CT molecular complexity index is 895. The average Bonchev–Trinajstić information content (AvgIpc) is 3.14. The third kappa shape index (κ3) is 3.49. The number of pyridine rings is 1. The van der Waals surface area contributed by atoms with Crippen molar-refractivity contribution in [2.75, 3.05) is 49.1 Å². The SMILES string of the molecule is Cc1ccc(N2CCN(C(=O)c3ccc(N4CCOC4=O)cc3F)CC2)nc1. The van der Waals surface area contributed by atoms with Crippen molar-refractivity contribution in [3.63, 3.8) is 0 Å². The van der Waals surface area contributed by atoms with Gasteiger partial charge >= 0.3 is 6.09 Å². The molecule has 0 N–H and O–H groups in total. The van der Waals surface area contributed by atoms with Gasteiger partial charge in [0.15, 0.2) is 0 Å². The molecule has 0 radical (unpaired) electrons. The van der Waals surface area contributed by atoms with Crippen LogP contribution in [-0.2, 0) is 4.74 Å². The monoisotopic (exact) mass is 384 g/mol. The Labute approximate surface area is 162 Å². The molecule has 7 nitrogen and oxygen atoms in total. The van der Waals surface area contributed by atoms with Gasteiger partial charge in [0.05, 0.1) is 17.8 Å². The van der Waals surface area contributed by atoms with Crippen molar-refractivity contribution in [1.29, 1.82) is 0 Å². The molecule has 0 bridgehead atoms. The van der Waals surface area contributed by atoms with E-state index >= 15 is 0 Å². The van der Waals surface area contributed by atoms with Gasteiger partial charge in [-0.1, -0.05) is 6.07 Å². The maximum absolute atomic E-state index is 14.6. The van der Waals surface area contributed by atoms with Gasteiger partial charge in [-0.05, 0) is 36.8 Å². The first-order chi connectivity index (χ1) is 13.5. The van der Waals surface area contributed by atoms with Gasteiger partial charge in [-0.15, -0.1) is 0 Å². The lowest BCUT2D eigenvalue weighted by Crippen LogP contribution is -2.49. The number of carbonyl (C=O) groups excluding carboxylic acids is 2. The highest BCUT2D eigenvalue weighted by atomic mass is 19.1. The molecular formula is C20H21FN4O3. The first-order valence-electron chi connectivity index (χ1n) is 9.23. The minimum absolute atomic E-state index is 0.0122. The highest BCUT2D eigenvalue weighted by molar-refractivity contribution is 5.96. The number of aromatic nitrogens is 1. The van der Waals surface area contributed by atoms with E-state index in [0.717, 1.165) is 11.4 Å². The Morgan fingerprint density at radius 2 is 1.89 bits per heavy atom. The molecule has 0 saturated carbocycles. The van der Waals surface area contributed by atoms with Gasteiger partial charge in [0.2, 0.25) is 0 Å². The van der Waals surface area contributed by atoms with E-state index in [1.807, 2.05) is 25.3 Å². The third-order valence-corrected chi connectivity index (χ3v) is 5.04. The smallest absolute Gasteiger partial charge is 0.414 e. The molecule has 2 fully saturated rings. The summed E-state index contributed by atoms with van der Waals surface area (Å²) in [6.45, 7) is 4.91. The number of hydrogen-bond donors (Lipinski definition) is 0. The number of ether oxygens (including phenoxy) is 1.